The highest BCUT2D eigenvalue weighted by Gasteiger charge is 1.83. The summed E-state index contributed by atoms with van der Waals surface area (Å²) < 4.78 is 14.6. The molecular formula is C6H14O3. The third kappa shape index (κ3) is 7.88. The molecule has 9 heavy (non-hydrogen) atoms. The zero-order chi connectivity index (χ0) is 6.95. The van der Waals surface area contributed by atoms with E-state index in [1.165, 1.54) is 0 Å². The Labute approximate surface area is 55.9 Å². The number of rotatable bonds is 6. The molecule has 0 aromatic heterocycles. The van der Waals surface area contributed by atoms with Crippen LogP contribution in [0.2, 0.25) is 0 Å². The first-order chi connectivity index (χ1) is 4.41. The van der Waals surface area contributed by atoms with Crippen molar-refractivity contribution in [3.8, 4) is 0 Å². The Morgan fingerprint density at radius 1 is 1.11 bits per heavy atom. The van der Waals surface area contributed by atoms with E-state index >= 15 is 0 Å². The Morgan fingerprint density at radius 3 is 2.33 bits per heavy atom. The van der Waals surface area contributed by atoms with E-state index in [9.17, 15) is 0 Å². The fourth-order valence-electron chi connectivity index (χ4n) is 0.404. The first-order valence-electron chi connectivity index (χ1n) is 3.06. The second-order valence-electron chi connectivity index (χ2n) is 1.51. The minimum Gasteiger partial charge on any atom is -0.379 e. The van der Waals surface area contributed by atoms with Crippen LogP contribution in [0, 0.1) is 0 Å². The summed E-state index contributed by atoms with van der Waals surface area (Å²) in [6.45, 7) is 4.32. The lowest BCUT2D eigenvalue weighted by Gasteiger charge is -2.01. The molecule has 0 aliphatic heterocycles. The Hall–Kier alpha value is -0.120. The van der Waals surface area contributed by atoms with Gasteiger partial charge in [-0.05, 0) is 6.92 Å². The van der Waals surface area contributed by atoms with Crippen LogP contribution >= 0.6 is 0 Å². The van der Waals surface area contributed by atoms with E-state index in [0.717, 1.165) is 6.61 Å². The number of hydrogen-bond acceptors (Lipinski definition) is 3. The molecule has 0 heterocycles. The molecule has 0 unspecified atom stereocenters. The topological polar surface area (TPSA) is 27.7 Å². The van der Waals surface area contributed by atoms with Crippen LogP contribution in [-0.2, 0) is 14.2 Å². The zero-order valence-electron chi connectivity index (χ0n) is 6.05. The summed E-state index contributed by atoms with van der Waals surface area (Å²) in [5, 5.41) is 0. The largest absolute Gasteiger partial charge is 0.379 e. The minimum atomic E-state index is 0.354. The summed E-state index contributed by atoms with van der Waals surface area (Å²) in [6.07, 6.45) is 0. The highest BCUT2D eigenvalue weighted by molar-refractivity contribution is 4.23. The number of hydrogen-bond donors (Lipinski definition) is 0. The number of methoxy groups -OCH3 is 1. The second-order valence-corrected chi connectivity index (χ2v) is 1.51. The average molecular weight is 134 g/mol. The van der Waals surface area contributed by atoms with E-state index in [0.29, 0.717) is 20.0 Å². The quantitative estimate of drug-likeness (QED) is 0.394. The second kappa shape index (κ2) is 7.88. The molecule has 0 fully saturated rings. The molecule has 0 aliphatic rings. The van der Waals surface area contributed by atoms with E-state index in [-0.39, 0.29) is 0 Å². The SMILES string of the molecule is CCOCCOCOC. The predicted molar refractivity (Wildman–Crippen MR) is 34.3 cm³/mol. The van der Waals surface area contributed by atoms with E-state index in [4.69, 9.17) is 9.47 Å². The van der Waals surface area contributed by atoms with E-state index in [1.54, 1.807) is 7.11 Å². The molecule has 0 rings (SSSR count). The van der Waals surface area contributed by atoms with Crippen molar-refractivity contribution in [2.75, 3.05) is 33.7 Å². The minimum absolute atomic E-state index is 0.354. The van der Waals surface area contributed by atoms with Crippen molar-refractivity contribution in [2.45, 2.75) is 6.92 Å². The van der Waals surface area contributed by atoms with Gasteiger partial charge in [0.25, 0.3) is 0 Å². The average Bonchev–Trinajstić information content (AvgIpc) is 1.89. The summed E-state index contributed by atoms with van der Waals surface area (Å²) in [6, 6.07) is 0. The molecule has 0 saturated heterocycles. The van der Waals surface area contributed by atoms with Gasteiger partial charge >= 0.3 is 0 Å². The Morgan fingerprint density at radius 2 is 1.78 bits per heavy atom. The van der Waals surface area contributed by atoms with Crippen LogP contribution in [0.4, 0.5) is 0 Å². The van der Waals surface area contributed by atoms with Crippen LogP contribution < -0.4 is 0 Å². The summed E-state index contributed by atoms with van der Waals surface area (Å²) in [5.74, 6) is 0. The first kappa shape index (κ1) is 8.88. The maximum atomic E-state index is 5.00. The van der Waals surface area contributed by atoms with Gasteiger partial charge in [-0.15, -0.1) is 0 Å². The fraction of sp³-hybridized carbons (Fsp3) is 1.00. The summed E-state index contributed by atoms with van der Waals surface area (Å²) >= 11 is 0. The molecule has 0 N–H and O–H groups in total. The van der Waals surface area contributed by atoms with Gasteiger partial charge in [-0.25, -0.2) is 0 Å². The molecule has 0 aromatic carbocycles. The molecule has 0 bridgehead atoms. The molecule has 0 spiro atoms. The van der Waals surface area contributed by atoms with Gasteiger partial charge in [0.05, 0.1) is 13.2 Å². The summed E-state index contributed by atoms with van der Waals surface area (Å²) in [4.78, 5) is 0. The van der Waals surface area contributed by atoms with Crippen molar-refractivity contribution in [1.82, 2.24) is 0 Å². The Balaban J connectivity index is 2.60. The lowest BCUT2D eigenvalue weighted by atomic mass is 10.7. The molecule has 0 aliphatic carbocycles. The van der Waals surface area contributed by atoms with Crippen molar-refractivity contribution in [2.24, 2.45) is 0 Å². The van der Waals surface area contributed by atoms with Gasteiger partial charge in [-0.2, -0.15) is 0 Å². The lowest BCUT2D eigenvalue weighted by molar-refractivity contribution is -0.0496. The van der Waals surface area contributed by atoms with Gasteiger partial charge in [0.1, 0.15) is 6.79 Å². The fourth-order valence-corrected chi connectivity index (χ4v) is 0.404. The Kier molecular flexibility index (Phi) is 7.77. The Bertz CT molecular complexity index is 41.6. The summed E-state index contributed by atoms with van der Waals surface area (Å²) in [5.41, 5.74) is 0. The predicted octanol–water partition coefficient (Wildman–Crippen LogP) is 0.643. The smallest absolute Gasteiger partial charge is 0.146 e. The third-order valence-corrected chi connectivity index (χ3v) is 0.777. The van der Waals surface area contributed by atoms with Gasteiger partial charge in [-0.3, -0.25) is 0 Å². The highest BCUT2D eigenvalue weighted by Crippen LogP contribution is 1.76. The van der Waals surface area contributed by atoms with Crippen LogP contribution in [-0.4, -0.2) is 33.7 Å². The van der Waals surface area contributed by atoms with E-state index in [2.05, 4.69) is 4.74 Å². The van der Waals surface area contributed by atoms with E-state index in [1.807, 2.05) is 6.92 Å². The summed E-state index contributed by atoms with van der Waals surface area (Å²) in [7, 11) is 1.60. The first-order valence-corrected chi connectivity index (χ1v) is 3.06. The highest BCUT2D eigenvalue weighted by atomic mass is 16.7. The lowest BCUT2D eigenvalue weighted by Crippen LogP contribution is -2.05. The molecule has 56 valence electrons. The monoisotopic (exact) mass is 134 g/mol. The normalized spacial score (nSPS) is 10.0. The number of ether oxygens (including phenoxy) is 3. The van der Waals surface area contributed by atoms with Crippen molar-refractivity contribution in [3.05, 3.63) is 0 Å². The molecule has 3 nitrogen and oxygen atoms in total. The molecule has 0 amide bonds. The van der Waals surface area contributed by atoms with Gasteiger partial charge in [0.2, 0.25) is 0 Å². The maximum absolute atomic E-state index is 5.00. The van der Waals surface area contributed by atoms with Crippen molar-refractivity contribution < 1.29 is 14.2 Å². The molecule has 0 saturated carbocycles. The van der Waals surface area contributed by atoms with Crippen LogP contribution in [0.5, 0.6) is 0 Å². The van der Waals surface area contributed by atoms with Crippen molar-refractivity contribution in [3.63, 3.8) is 0 Å². The maximum Gasteiger partial charge on any atom is 0.146 e. The zero-order valence-corrected chi connectivity index (χ0v) is 6.05. The van der Waals surface area contributed by atoms with Crippen LogP contribution in [0.3, 0.4) is 0 Å². The van der Waals surface area contributed by atoms with Crippen LogP contribution in [0.15, 0.2) is 0 Å². The van der Waals surface area contributed by atoms with Gasteiger partial charge < -0.3 is 14.2 Å². The third-order valence-electron chi connectivity index (χ3n) is 0.777. The van der Waals surface area contributed by atoms with Gasteiger partial charge in [0, 0.05) is 13.7 Å². The van der Waals surface area contributed by atoms with Crippen molar-refractivity contribution in [1.29, 1.82) is 0 Å². The van der Waals surface area contributed by atoms with Gasteiger partial charge in [0.15, 0.2) is 0 Å². The molecule has 3 heteroatoms. The molecular weight excluding hydrogens is 120 g/mol. The molecule has 0 aromatic rings. The van der Waals surface area contributed by atoms with Crippen molar-refractivity contribution >= 4 is 0 Å². The molecule has 0 radical (unpaired) electrons. The van der Waals surface area contributed by atoms with Gasteiger partial charge in [-0.1, -0.05) is 0 Å². The van der Waals surface area contributed by atoms with E-state index < -0.39 is 0 Å². The molecule has 0 atom stereocenters. The standard InChI is InChI=1S/C6H14O3/c1-3-8-4-5-9-6-7-2/h3-6H2,1-2H3. The van der Waals surface area contributed by atoms with Crippen LogP contribution in [0.25, 0.3) is 0 Å². The van der Waals surface area contributed by atoms with Crippen LogP contribution in [0.1, 0.15) is 6.92 Å².